The van der Waals surface area contributed by atoms with E-state index in [0.717, 1.165) is 22.9 Å². The Morgan fingerprint density at radius 3 is 2.29 bits per heavy atom. The standard InChI is InChI=1S/C18H23ClN2/c1-18(2,3)20-13-14-10-11-17(16(19)12-14)21(4)15-8-6-5-7-9-15/h5-12,20H,13H2,1-4H3. The molecule has 112 valence electrons. The van der Waals surface area contributed by atoms with Crippen LogP contribution in [0.4, 0.5) is 11.4 Å². The van der Waals surface area contributed by atoms with Crippen molar-refractivity contribution in [1.82, 2.24) is 5.32 Å². The van der Waals surface area contributed by atoms with Gasteiger partial charge in [0.25, 0.3) is 0 Å². The summed E-state index contributed by atoms with van der Waals surface area (Å²) < 4.78 is 0. The first-order chi connectivity index (χ1) is 9.87. The van der Waals surface area contributed by atoms with Gasteiger partial charge in [-0.2, -0.15) is 0 Å². The first-order valence-electron chi connectivity index (χ1n) is 7.19. The van der Waals surface area contributed by atoms with E-state index in [2.05, 4.69) is 55.3 Å². The molecule has 2 aromatic carbocycles. The van der Waals surface area contributed by atoms with E-state index in [1.807, 2.05) is 31.3 Å². The van der Waals surface area contributed by atoms with Crippen molar-refractivity contribution in [3.8, 4) is 0 Å². The van der Waals surface area contributed by atoms with Crippen LogP contribution in [0.5, 0.6) is 0 Å². The molecule has 1 N–H and O–H groups in total. The molecule has 0 saturated carbocycles. The smallest absolute Gasteiger partial charge is 0.0646 e. The molecule has 0 heterocycles. The molecule has 0 atom stereocenters. The van der Waals surface area contributed by atoms with Crippen LogP contribution in [-0.2, 0) is 6.54 Å². The normalized spacial score (nSPS) is 11.5. The Balaban J connectivity index is 2.16. The van der Waals surface area contributed by atoms with E-state index >= 15 is 0 Å². The molecule has 0 fully saturated rings. The van der Waals surface area contributed by atoms with Gasteiger partial charge in [-0.15, -0.1) is 0 Å². The second-order valence-electron chi connectivity index (χ2n) is 6.28. The van der Waals surface area contributed by atoms with Gasteiger partial charge in [0.05, 0.1) is 10.7 Å². The van der Waals surface area contributed by atoms with Crippen molar-refractivity contribution in [1.29, 1.82) is 0 Å². The molecule has 0 unspecified atom stereocenters. The zero-order valence-electron chi connectivity index (χ0n) is 13.2. The van der Waals surface area contributed by atoms with Crippen LogP contribution in [0, 0.1) is 0 Å². The molecule has 0 aromatic heterocycles. The van der Waals surface area contributed by atoms with Crippen molar-refractivity contribution in [2.45, 2.75) is 32.9 Å². The van der Waals surface area contributed by atoms with Crippen molar-refractivity contribution >= 4 is 23.0 Å². The van der Waals surface area contributed by atoms with E-state index in [9.17, 15) is 0 Å². The number of nitrogens with one attached hydrogen (secondary N) is 1. The maximum atomic E-state index is 6.45. The lowest BCUT2D eigenvalue weighted by Gasteiger charge is -2.23. The maximum absolute atomic E-state index is 6.45. The van der Waals surface area contributed by atoms with E-state index < -0.39 is 0 Å². The highest BCUT2D eigenvalue weighted by molar-refractivity contribution is 6.33. The highest BCUT2D eigenvalue weighted by Gasteiger charge is 2.11. The average Bonchev–Trinajstić information content (AvgIpc) is 2.45. The molecule has 0 aliphatic heterocycles. The van der Waals surface area contributed by atoms with E-state index in [0.29, 0.717) is 0 Å². The van der Waals surface area contributed by atoms with Crippen LogP contribution < -0.4 is 10.2 Å². The largest absolute Gasteiger partial charge is 0.343 e. The molecule has 21 heavy (non-hydrogen) atoms. The maximum Gasteiger partial charge on any atom is 0.0646 e. The van der Waals surface area contributed by atoms with E-state index in [1.54, 1.807) is 0 Å². The summed E-state index contributed by atoms with van der Waals surface area (Å²) in [5.74, 6) is 0. The molecule has 0 bridgehead atoms. The number of nitrogens with zero attached hydrogens (tertiary/aromatic N) is 1. The highest BCUT2D eigenvalue weighted by atomic mass is 35.5. The number of halogens is 1. The van der Waals surface area contributed by atoms with Crippen LogP contribution >= 0.6 is 11.6 Å². The fourth-order valence-corrected chi connectivity index (χ4v) is 2.42. The Bertz CT molecular complexity index is 588. The second kappa shape index (κ2) is 6.50. The fraction of sp³-hybridized carbons (Fsp3) is 0.333. The van der Waals surface area contributed by atoms with E-state index in [4.69, 9.17) is 11.6 Å². The summed E-state index contributed by atoms with van der Waals surface area (Å²) >= 11 is 6.45. The average molecular weight is 303 g/mol. The molecule has 0 aliphatic rings. The van der Waals surface area contributed by atoms with Gasteiger partial charge in [-0.3, -0.25) is 0 Å². The molecule has 0 amide bonds. The zero-order valence-corrected chi connectivity index (χ0v) is 13.9. The second-order valence-corrected chi connectivity index (χ2v) is 6.69. The summed E-state index contributed by atoms with van der Waals surface area (Å²) in [6, 6.07) is 16.5. The fourth-order valence-electron chi connectivity index (χ4n) is 2.09. The van der Waals surface area contributed by atoms with E-state index in [-0.39, 0.29) is 5.54 Å². The quantitative estimate of drug-likeness (QED) is 0.855. The number of anilines is 2. The summed E-state index contributed by atoms with van der Waals surface area (Å²) in [6.45, 7) is 7.29. The summed E-state index contributed by atoms with van der Waals surface area (Å²) in [6.07, 6.45) is 0. The number of benzene rings is 2. The molecule has 2 rings (SSSR count). The number of para-hydroxylation sites is 1. The molecule has 2 aromatic rings. The number of rotatable bonds is 4. The van der Waals surface area contributed by atoms with Crippen LogP contribution in [0.2, 0.25) is 5.02 Å². The first-order valence-corrected chi connectivity index (χ1v) is 7.57. The van der Waals surface area contributed by atoms with Gasteiger partial charge in [0.15, 0.2) is 0 Å². The number of hydrogen-bond acceptors (Lipinski definition) is 2. The molecular formula is C18H23ClN2. The summed E-state index contributed by atoms with van der Waals surface area (Å²) in [4.78, 5) is 2.10. The van der Waals surface area contributed by atoms with E-state index in [1.165, 1.54) is 5.56 Å². The third-order valence-corrected chi connectivity index (χ3v) is 3.64. The minimum Gasteiger partial charge on any atom is -0.343 e. The molecule has 0 saturated heterocycles. The minimum atomic E-state index is 0.103. The lowest BCUT2D eigenvalue weighted by molar-refractivity contribution is 0.424. The lowest BCUT2D eigenvalue weighted by atomic mass is 10.1. The predicted molar refractivity (Wildman–Crippen MR) is 92.5 cm³/mol. The van der Waals surface area contributed by atoms with Gasteiger partial charge in [0, 0.05) is 24.8 Å². The third-order valence-electron chi connectivity index (χ3n) is 3.34. The molecule has 3 heteroatoms. The van der Waals surface area contributed by atoms with Crippen LogP contribution in [0.3, 0.4) is 0 Å². The van der Waals surface area contributed by atoms with Gasteiger partial charge in [-0.05, 0) is 50.6 Å². The van der Waals surface area contributed by atoms with Crippen LogP contribution in [0.15, 0.2) is 48.5 Å². The molecular weight excluding hydrogens is 280 g/mol. The van der Waals surface area contributed by atoms with Crippen molar-refractivity contribution in [2.24, 2.45) is 0 Å². The lowest BCUT2D eigenvalue weighted by Crippen LogP contribution is -2.35. The molecule has 0 spiro atoms. The monoisotopic (exact) mass is 302 g/mol. The van der Waals surface area contributed by atoms with Crippen molar-refractivity contribution in [3.63, 3.8) is 0 Å². The van der Waals surface area contributed by atoms with Crippen LogP contribution in [-0.4, -0.2) is 12.6 Å². The van der Waals surface area contributed by atoms with Gasteiger partial charge < -0.3 is 10.2 Å². The molecule has 0 aliphatic carbocycles. The Morgan fingerprint density at radius 2 is 1.71 bits per heavy atom. The Kier molecular flexibility index (Phi) is 4.92. The minimum absolute atomic E-state index is 0.103. The topological polar surface area (TPSA) is 15.3 Å². The molecule has 2 nitrogen and oxygen atoms in total. The van der Waals surface area contributed by atoms with Crippen LogP contribution in [0.1, 0.15) is 26.3 Å². The third kappa shape index (κ3) is 4.48. The highest BCUT2D eigenvalue weighted by Crippen LogP contribution is 2.31. The van der Waals surface area contributed by atoms with Gasteiger partial charge in [0.2, 0.25) is 0 Å². The van der Waals surface area contributed by atoms with Gasteiger partial charge in [-0.25, -0.2) is 0 Å². The Labute approximate surface area is 132 Å². The van der Waals surface area contributed by atoms with Gasteiger partial charge in [-0.1, -0.05) is 35.9 Å². The van der Waals surface area contributed by atoms with Crippen molar-refractivity contribution in [3.05, 3.63) is 59.1 Å². The molecule has 0 radical (unpaired) electrons. The summed E-state index contributed by atoms with van der Waals surface area (Å²) in [5, 5.41) is 4.25. The Morgan fingerprint density at radius 1 is 1.05 bits per heavy atom. The zero-order chi connectivity index (χ0) is 15.5. The van der Waals surface area contributed by atoms with Crippen LogP contribution in [0.25, 0.3) is 0 Å². The van der Waals surface area contributed by atoms with Gasteiger partial charge in [0.1, 0.15) is 0 Å². The van der Waals surface area contributed by atoms with Crippen molar-refractivity contribution < 1.29 is 0 Å². The first kappa shape index (κ1) is 15.9. The predicted octanol–water partition coefficient (Wildman–Crippen LogP) is 5.00. The summed E-state index contributed by atoms with van der Waals surface area (Å²) in [7, 11) is 2.03. The van der Waals surface area contributed by atoms with Crippen molar-refractivity contribution in [2.75, 3.05) is 11.9 Å². The Hall–Kier alpha value is -1.51. The number of hydrogen-bond donors (Lipinski definition) is 1. The summed E-state index contributed by atoms with van der Waals surface area (Å²) in [5.41, 5.74) is 3.44. The van der Waals surface area contributed by atoms with Gasteiger partial charge >= 0.3 is 0 Å². The SMILES string of the molecule is CN(c1ccccc1)c1ccc(CNC(C)(C)C)cc1Cl.